The molecule has 1 saturated heterocycles. The van der Waals surface area contributed by atoms with Crippen LogP contribution in [0.1, 0.15) is 18.9 Å². The van der Waals surface area contributed by atoms with Crippen LogP contribution in [-0.4, -0.2) is 40.1 Å². The molecule has 148 valence electrons. The van der Waals surface area contributed by atoms with Crippen LogP contribution in [0.25, 0.3) is 0 Å². The topological polar surface area (TPSA) is 114 Å². The van der Waals surface area contributed by atoms with Crippen molar-refractivity contribution in [2.45, 2.75) is 37.1 Å². The summed E-state index contributed by atoms with van der Waals surface area (Å²) in [5.41, 5.74) is 2.05. The van der Waals surface area contributed by atoms with Gasteiger partial charge in [-0.3, -0.25) is 9.59 Å². The number of hydrogen-bond donors (Lipinski definition) is 2. The Balaban J connectivity index is 1.52. The highest BCUT2D eigenvalue weighted by molar-refractivity contribution is 8.15. The Bertz CT molecular complexity index is 809. The number of rotatable bonds is 8. The lowest BCUT2D eigenvalue weighted by atomic mass is 10.0. The lowest BCUT2D eigenvalue weighted by Crippen LogP contribution is -2.39. The van der Waals surface area contributed by atoms with Crippen LogP contribution in [-0.2, 0) is 11.2 Å². The molecule has 0 radical (unpaired) electrons. The fourth-order valence-electron chi connectivity index (χ4n) is 2.91. The number of dihydropyridines is 1. The monoisotopic (exact) mass is 402 g/mol. The van der Waals surface area contributed by atoms with Crippen molar-refractivity contribution in [2.24, 2.45) is 11.0 Å². The quantitative estimate of drug-likeness (QED) is 0.390. The van der Waals surface area contributed by atoms with E-state index >= 15 is 0 Å². The predicted octanol–water partition coefficient (Wildman–Crippen LogP) is 2.50. The van der Waals surface area contributed by atoms with Crippen LogP contribution in [0.5, 0.6) is 5.75 Å². The summed E-state index contributed by atoms with van der Waals surface area (Å²) in [4.78, 5) is 34.5. The average molecular weight is 402 g/mol. The lowest BCUT2D eigenvalue weighted by Gasteiger charge is -2.22. The van der Waals surface area contributed by atoms with Gasteiger partial charge in [0.2, 0.25) is 0 Å². The fourth-order valence-corrected chi connectivity index (χ4v) is 3.85. The third kappa shape index (κ3) is 4.60. The first-order chi connectivity index (χ1) is 13.5. The molecule has 2 heterocycles. The molecule has 8 nitrogen and oxygen atoms in total. The summed E-state index contributed by atoms with van der Waals surface area (Å²) in [6, 6.07) is 6.43. The largest absolute Gasteiger partial charge is 0.491 e. The number of amides is 2. The van der Waals surface area contributed by atoms with E-state index in [4.69, 9.17) is 10.6 Å². The van der Waals surface area contributed by atoms with Gasteiger partial charge in [-0.15, -0.1) is 0 Å². The summed E-state index contributed by atoms with van der Waals surface area (Å²) in [7, 11) is 0. The Hall–Kier alpha value is -2.65. The first-order valence-corrected chi connectivity index (χ1v) is 9.86. The Morgan fingerprint density at radius 1 is 1.32 bits per heavy atom. The molecule has 1 aromatic carbocycles. The molecule has 9 heteroatoms. The van der Waals surface area contributed by atoms with E-state index in [1.807, 2.05) is 30.5 Å². The number of thioether (sulfide) groups is 1. The van der Waals surface area contributed by atoms with Crippen molar-refractivity contribution in [3.05, 3.63) is 58.7 Å². The van der Waals surface area contributed by atoms with Crippen LogP contribution in [0.4, 0.5) is 4.79 Å². The number of nitroso groups, excluding NO2 is 1. The first-order valence-electron chi connectivity index (χ1n) is 8.98. The van der Waals surface area contributed by atoms with Crippen molar-refractivity contribution in [2.75, 3.05) is 6.61 Å². The number of nitrogens with zero attached hydrogens (tertiary/aromatic N) is 2. The van der Waals surface area contributed by atoms with Gasteiger partial charge in [0.1, 0.15) is 18.4 Å². The Morgan fingerprint density at radius 3 is 2.61 bits per heavy atom. The normalized spacial score (nSPS) is 22.6. The summed E-state index contributed by atoms with van der Waals surface area (Å²) < 4.78 is 5.70. The molecule has 28 heavy (non-hydrogen) atoms. The van der Waals surface area contributed by atoms with Crippen molar-refractivity contribution < 1.29 is 14.3 Å². The molecular weight excluding hydrogens is 380 g/mol. The number of carbonyl (C=O) groups is 2. The Morgan fingerprint density at radius 2 is 2.07 bits per heavy atom. The van der Waals surface area contributed by atoms with Crippen molar-refractivity contribution >= 4 is 22.9 Å². The maximum Gasteiger partial charge on any atom is 0.303 e. The van der Waals surface area contributed by atoms with E-state index in [0.29, 0.717) is 17.2 Å². The van der Waals surface area contributed by atoms with E-state index in [0.717, 1.165) is 29.3 Å². The number of carbonyl (C=O) groups excluding carboxylic acids is 2. The van der Waals surface area contributed by atoms with Crippen molar-refractivity contribution in [1.82, 2.24) is 10.3 Å². The number of ether oxygens (including phenoxy) is 1. The molecule has 3 N–H and O–H groups in total. The Labute approximate surface area is 167 Å². The van der Waals surface area contributed by atoms with Gasteiger partial charge in [-0.25, -0.2) is 10.9 Å². The molecule has 2 amide bonds. The van der Waals surface area contributed by atoms with Crippen LogP contribution in [0.2, 0.25) is 0 Å². The minimum absolute atomic E-state index is 0.147. The summed E-state index contributed by atoms with van der Waals surface area (Å²) in [6.45, 7) is 2.21. The maximum atomic E-state index is 11.9. The van der Waals surface area contributed by atoms with Gasteiger partial charge < -0.3 is 10.1 Å². The Kier molecular flexibility index (Phi) is 6.48. The zero-order chi connectivity index (χ0) is 20.1. The lowest BCUT2D eigenvalue weighted by molar-refractivity contribution is -0.126. The molecule has 0 saturated carbocycles. The number of imide groups is 1. The summed E-state index contributed by atoms with van der Waals surface area (Å²) in [6.07, 6.45) is 7.14. The van der Waals surface area contributed by atoms with Crippen molar-refractivity contribution in [3.63, 3.8) is 0 Å². The van der Waals surface area contributed by atoms with Gasteiger partial charge in [0.25, 0.3) is 5.91 Å². The van der Waals surface area contributed by atoms with Gasteiger partial charge in [-0.2, -0.15) is 4.91 Å². The van der Waals surface area contributed by atoms with Crippen LogP contribution in [0, 0.1) is 4.91 Å². The van der Waals surface area contributed by atoms with Crippen molar-refractivity contribution in [3.8, 4) is 5.75 Å². The van der Waals surface area contributed by atoms with E-state index in [2.05, 4.69) is 17.4 Å². The summed E-state index contributed by atoms with van der Waals surface area (Å²) in [5.74, 6) is 5.61. The molecule has 0 aromatic heterocycles. The maximum absolute atomic E-state index is 11.9. The molecule has 2 aliphatic rings. The molecule has 1 fully saturated rings. The molecule has 1 aromatic rings. The van der Waals surface area contributed by atoms with Crippen LogP contribution in [0.15, 0.2) is 53.4 Å². The predicted molar refractivity (Wildman–Crippen MR) is 107 cm³/mol. The standard InChI is InChI=1S/C19H22N4O4S/c1-2-12-5-8-15(21-10-12)16(22-26)11-27-14-6-3-13(4-7-14)9-17-18(24)23(20)19(25)28-17/h3-8,10,15-17,21H,2,9,11,20H2,1H3. The minimum Gasteiger partial charge on any atom is -0.491 e. The van der Waals surface area contributed by atoms with Gasteiger partial charge in [-0.05, 0) is 47.9 Å². The van der Waals surface area contributed by atoms with Crippen LogP contribution >= 0.6 is 11.8 Å². The molecule has 0 aliphatic carbocycles. The SMILES string of the molecule is CCC1=CNC(C(COc2ccc(CC3SC(=O)N(N)C3=O)cc2)N=O)C=C1. The van der Waals surface area contributed by atoms with E-state index in [9.17, 15) is 14.5 Å². The van der Waals surface area contributed by atoms with E-state index in [-0.39, 0.29) is 18.6 Å². The smallest absolute Gasteiger partial charge is 0.303 e. The van der Waals surface area contributed by atoms with Gasteiger partial charge in [-0.1, -0.05) is 36.4 Å². The van der Waals surface area contributed by atoms with E-state index in [1.54, 1.807) is 12.1 Å². The number of benzene rings is 1. The average Bonchev–Trinajstić information content (AvgIpc) is 2.96. The molecule has 0 bridgehead atoms. The van der Waals surface area contributed by atoms with Gasteiger partial charge in [0.15, 0.2) is 0 Å². The highest BCUT2D eigenvalue weighted by Gasteiger charge is 2.37. The van der Waals surface area contributed by atoms with Crippen molar-refractivity contribution in [1.29, 1.82) is 0 Å². The first kappa shape index (κ1) is 20.1. The summed E-state index contributed by atoms with van der Waals surface area (Å²) >= 11 is 0.931. The molecule has 0 spiro atoms. The number of allylic oxidation sites excluding steroid dienone is 2. The number of hydrazine groups is 1. The second-order valence-corrected chi connectivity index (χ2v) is 7.69. The van der Waals surface area contributed by atoms with Gasteiger partial charge in [0, 0.05) is 6.20 Å². The number of nitrogens with two attached hydrogens (primary N) is 1. The highest BCUT2D eigenvalue weighted by Crippen LogP contribution is 2.28. The molecule has 2 aliphatic heterocycles. The molecule has 3 atom stereocenters. The minimum atomic E-state index is -0.556. The highest BCUT2D eigenvalue weighted by atomic mass is 32.2. The molecular formula is C19H22N4O4S. The zero-order valence-electron chi connectivity index (χ0n) is 15.4. The zero-order valence-corrected chi connectivity index (χ0v) is 16.2. The third-order valence-electron chi connectivity index (χ3n) is 4.65. The number of nitrogens with one attached hydrogen (secondary N) is 1. The molecule has 3 unspecified atom stereocenters. The second kappa shape index (κ2) is 9.03. The van der Waals surface area contributed by atoms with Gasteiger partial charge in [0.05, 0.1) is 11.3 Å². The van der Waals surface area contributed by atoms with Crippen LogP contribution in [0.3, 0.4) is 0 Å². The third-order valence-corrected chi connectivity index (χ3v) is 5.71. The van der Waals surface area contributed by atoms with E-state index in [1.165, 1.54) is 0 Å². The number of hydrogen-bond acceptors (Lipinski definition) is 8. The van der Waals surface area contributed by atoms with Gasteiger partial charge >= 0.3 is 5.24 Å². The van der Waals surface area contributed by atoms with Crippen LogP contribution < -0.4 is 15.9 Å². The second-order valence-electron chi connectivity index (χ2n) is 6.54. The summed E-state index contributed by atoms with van der Waals surface area (Å²) in [5, 5.41) is 6.07. The molecule has 3 rings (SSSR count). The van der Waals surface area contributed by atoms with E-state index < -0.39 is 16.5 Å². The fraction of sp³-hybridized carbons (Fsp3) is 0.368.